The average Bonchev–Trinajstić information content (AvgIpc) is 3.04. The van der Waals surface area contributed by atoms with Crippen molar-refractivity contribution >= 4 is 21.8 Å². The topological polar surface area (TPSA) is 59.8 Å². The van der Waals surface area contributed by atoms with Gasteiger partial charge < -0.3 is 5.32 Å². The summed E-state index contributed by atoms with van der Waals surface area (Å²) in [6.45, 7) is 2.52. The number of nitrogens with zero attached hydrogens (tertiary/aromatic N) is 3. The van der Waals surface area contributed by atoms with E-state index < -0.39 is 0 Å². The average molecular weight is 385 g/mol. The van der Waals surface area contributed by atoms with Crippen molar-refractivity contribution in [2.24, 2.45) is 0 Å². The second-order valence-electron chi connectivity index (χ2n) is 5.54. The van der Waals surface area contributed by atoms with E-state index in [1.54, 1.807) is 10.9 Å². The number of hydrogen-bond acceptors (Lipinski definition) is 3. The highest BCUT2D eigenvalue weighted by Crippen LogP contribution is 2.18. The number of nitrogens with one attached hydrogen (secondary N) is 1. The lowest BCUT2D eigenvalue weighted by molar-refractivity contribution is 0.0934. The summed E-state index contributed by atoms with van der Waals surface area (Å²) in [7, 11) is 0. The van der Waals surface area contributed by atoms with Crippen molar-refractivity contribution in [1.29, 1.82) is 0 Å². The van der Waals surface area contributed by atoms with Crippen LogP contribution in [0.25, 0.3) is 0 Å². The number of carbonyl (C=O) groups is 1. The third-order valence-electron chi connectivity index (χ3n) is 3.65. The first-order valence-electron chi connectivity index (χ1n) is 7.62. The van der Waals surface area contributed by atoms with Crippen molar-refractivity contribution in [3.63, 3.8) is 0 Å². The zero-order valence-electron chi connectivity index (χ0n) is 13.2. The lowest BCUT2D eigenvalue weighted by Gasteiger charge is -2.13. The predicted octanol–water partition coefficient (Wildman–Crippen LogP) is 3.58. The van der Waals surface area contributed by atoms with E-state index in [4.69, 9.17) is 0 Å². The Balaban J connectivity index is 1.65. The minimum absolute atomic E-state index is 0.116. The molecule has 1 amide bonds. The van der Waals surface area contributed by atoms with Gasteiger partial charge >= 0.3 is 0 Å². The van der Waals surface area contributed by atoms with Gasteiger partial charge in [-0.25, -0.2) is 4.68 Å². The zero-order valence-corrected chi connectivity index (χ0v) is 14.8. The normalized spacial score (nSPS) is 11.9. The number of amides is 1. The van der Waals surface area contributed by atoms with Gasteiger partial charge in [0.25, 0.3) is 5.91 Å². The number of rotatable bonds is 5. The Hall–Kier alpha value is -2.47. The molecule has 122 valence electrons. The van der Waals surface area contributed by atoms with Crippen LogP contribution in [0, 0.1) is 0 Å². The summed E-state index contributed by atoms with van der Waals surface area (Å²) in [5.74, 6) is -0.234. The summed E-state index contributed by atoms with van der Waals surface area (Å²) in [6, 6.07) is 17.7. The molecule has 1 heterocycles. The minimum atomic E-state index is -0.234. The fourth-order valence-corrected chi connectivity index (χ4v) is 2.80. The molecule has 0 aliphatic heterocycles. The molecule has 24 heavy (non-hydrogen) atoms. The molecule has 1 atom stereocenters. The van der Waals surface area contributed by atoms with E-state index in [-0.39, 0.29) is 11.9 Å². The number of hydrogen-bond donors (Lipinski definition) is 1. The molecule has 5 nitrogen and oxygen atoms in total. The maximum atomic E-state index is 12.3. The maximum absolute atomic E-state index is 12.3. The summed E-state index contributed by atoms with van der Waals surface area (Å²) < 4.78 is 2.64. The van der Waals surface area contributed by atoms with Crippen molar-refractivity contribution < 1.29 is 4.79 Å². The van der Waals surface area contributed by atoms with Crippen molar-refractivity contribution in [2.45, 2.75) is 19.5 Å². The number of aromatic nitrogens is 3. The van der Waals surface area contributed by atoms with Crippen LogP contribution < -0.4 is 5.32 Å². The van der Waals surface area contributed by atoms with E-state index in [9.17, 15) is 4.79 Å². The lowest BCUT2D eigenvalue weighted by Crippen LogP contribution is -2.27. The Bertz CT molecular complexity index is 832. The number of carbonyl (C=O) groups excluding carboxylic acids is 1. The molecule has 0 fully saturated rings. The fourth-order valence-electron chi connectivity index (χ4n) is 2.38. The number of halogens is 1. The van der Waals surface area contributed by atoms with Crippen LogP contribution in [0.1, 0.15) is 34.6 Å². The molecule has 2 aromatic carbocycles. The Morgan fingerprint density at radius 2 is 2.00 bits per heavy atom. The van der Waals surface area contributed by atoms with Crippen LogP contribution in [0.15, 0.2) is 65.3 Å². The molecular formula is C18H17BrN4O. The van der Waals surface area contributed by atoms with E-state index in [2.05, 4.69) is 31.6 Å². The van der Waals surface area contributed by atoms with E-state index in [0.29, 0.717) is 12.2 Å². The molecule has 0 saturated carbocycles. The second kappa shape index (κ2) is 7.40. The molecule has 0 spiro atoms. The summed E-state index contributed by atoms with van der Waals surface area (Å²) in [6.07, 6.45) is 1.66. The largest absolute Gasteiger partial charge is 0.344 e. The van der Waals surface area contributed by atoms with Gasteiger partial charge in [-0.15, -0.1) is 5.10 Å². The Kier molecular flexibility index (Phi) is 5.05. The van der Waals surface area contributed by atoms with Crippen LogP contribution in [0.5, 0.6) is 0 Å². The van der Waals surface area contributed by atoms with Crippen molar-refractivity contribution in [3.8, 4) is 0 Å². The van der Waals surface area contributed by atoms with Crippen molar-refractivity contribution in [2.75, 3.05) is 0 Å². The highest BCUT2D eigenvalue weighted by molar-refractivity contribution is 9.10. The third kappa shape index (κ3) is 4.08. The monoisotopic (exact) mass is 384 g/mol. The second-order valence-corrected chi connectivity index (χ2v) is 6.45. The highest BCUT2D eigenvalue weighted by Gasteiger charge is 2.15. The zero-order chi connectivity index (χ0) is 16.9. The van der Waals surface area contributed by atoms with Gasteiger partial charge in [0.15, 0.2) is 5.69 Å². The van der Waals surface area contributed by atoms with Crippen molar-refractivity contribution in [1.82, 2.24) is 20.3 Å². The smallest absolute Gasteiger partial charge is 0.273 e. The quantitative estimate of drug-likeness (QED) is 0.731. The SMILES string of the molecule is CC(NC(=O)c1cn(Cc2ccccc2)nn1)c1cccc(Br)c1. The fraction of sp³-hybridized carbons (Fsp3) is 0.167. The van der Waals surface area contributed by atoms with Gasteiger partial charge in [-0.3, -0.25) is 4.79 Å². The van der Waals surface area contributed by atoms with Gasteiger partial charge in [0, 0.05) is 4.47 Å². The van der Waals surface area contributed by atoms with Crippen molar-refractivity contribution in [3.05, 3.63) is 82.1 Å². The lowest BCUT2D eigenvalue weighted by atomic mass is 10.1. The molecule has 3 aromatic rings. The van der Waals surface area contributed by atoms with Gasteiger partial charge in [0.1, 0.15) is 0 Å². The molecule has 3 rings (SSSR count). The van der Waals surface area contributed by atoms with E-state index in [1.165, 1.54) is 0 Å². The summed E-state index contributed by atoms with van der Waals surface area (Å²) in [4.78, 5) is 12.3. The Morgan fingerprint density at radius 3 is 2.75 bits per heavy atom. The van der Waals surface area contributed by atoms with Gasteiger partial charge in [-0.1, -0.05) is 63.6 Å². The van der Waals surface area contributed by atoms with Crippen LogP contribution in [0.2, 0.25) is 0 Å². The first-order chi connectivity index (χ1) is 11.6. The molecule has 0 aliphatic rings. The Labute approximate surface area is 148 Å². The van der Waals surface area contributed by atoms with Gasteiger partial charge in [0.2, 0.25) is 0 Å². The summed E-state index contributed by atoms with van der Waals surface area (Å²) in [5, 5.41) is 10.9. The van der Waals surface area contributed by atoms with Gasteiger partial charge in [-0.05, 0) is 30.2 Å². The molecule has 0 saturated heterocycles. The molecule has 1 unspecified atom stereocenters. The van der Waals surface area contributed by atoms with Crippen LogP contribution in [-0.2, 0) is 6.54 Å². The first kappa shape index (κ1) is 16.4. The molecule has 0 aliphatic carbocycles. The molecule has 1 aromatic heterocycles. The molecule has 0 bridgehead atoms. The minimum Gasteiger partial charge on any atom is -0.344 e. The highest BCUT2D eigenvalue weighted by atomic mass is 79.9. The third-order valence-corrected chi connectivity index (χ3v) is 4.15. The maximum Gasteiger partial charge on any atom is 0.273 e. The van der Waals surface area contributed by atoms with Crippen LogP contribution in [0.3, 0.4) is 0 Å². The molecular weight excluding hydrogens is 368 g/mol. The van der Waals surface area contributed by atoms with E-state index >= 15 is 0 Å². The molecule has 1 N–H and O–H groups in total. The summed E-state index contributed by atoms with van der Waals surface area (Å²) >= 11 is 3.44. The predicted molar refractivity (Wildman–Crippen MR) is 95.6 cm³/mol. The number of benzene rings is 2. The van der Waals surface area contributed by atoms with E-state index in [1.807, 2.05) is 61.5 Å². The first-order valence-corrected chi connectivity index (χ1v) is 8.41. The van der Waals surface area contributed by atoms with Crippen LogP contribution >= 0.6 is 15.9 Å². The standard InChI is InChI=1S/C18H17BrN4O/c1-13(15-8-5-9-16(19)10-15)20-18(24)17-12-23(22-21-17)11-14-6-3-2-4-7-14/h2-10,12-13H,11H2,1H3,(H,20,24). The van der Waals surface area contributed by atoms with E-state index in [0.717, 1.165) is 15.6 Å². The summed E-state index contributed by atoms with van der Waals surface area (Å²) in [5.41, 5.74) is 2.44. The van der Waals surface area contributed by atoms with Crippen LogP contribution in [-0.4, -0.2) is 20.9 Å². The molecule has 6 heteroatoms. The van der Waals surface area contributed by atoms with Gasteiger partial charge in [-0.2, -0.15) is 0 Å². The molecule has 0 radical (unpaired) electrons. The Morgan fingerprint density at radius 1 is 1.21 bits per heavy atom. The van der Waals surface area contributed by atoms with Gasteiger partial charge in [0.05, 0.1) is 18.8 Å². The van der Waals surface area contributed by atoms with Crippen LogP contribution in [0.4, 0.5) is 0 Å².